The Labute approximate surface area is 142 Å². The molecule has 24 heavy (non-hydrogen) atoms. The molecule has 1 aliphatic rings. The van der Waals surface area contributed by atoms with E-state index in [-0.39, 0.29) is 18.0 Å². The summed E-state index contributed by atoms with van der Waals surface area (Å²) in [5.74, 6) is 0.270. The summed E-state index contributed by atoms with van der Waals surface area (Å²) >= 11 is 0. The third kappa shape index (κ3) is 3.03. The van der Waals surface area contributed by atoms with Gasteiger partial charge < -0.3 is 0 Å². The van der Waals surface area contributed by atoms with Crippen molar-refractivity contribution in [2.75, 3.05) is 11.9 Å². The van der Waals surface area contributed by atoms with E-state index in [1.165, 1.54) is 11.3 Å². The summed E-state index contributed by atoms with van der Waals surface area (Å²) in [6.45, 7) is 6.98. The molecule has 0 saturated carbocycles. The number of nitrogens with zero attached hydrogens (tertiary/aromatic N) is 5. The van der Waals surface area contributed by atoms with Crippen LogP contribution in [0.1, 0.15) is 42.8 Å². The zero-order valence-electron chi connectivity index (χ0n) is 14.7. The normalized spacial score (nSPS) is 19.4. The molecular formula is C17H24N6O. The molecule has 0 spiro atoms. The van der Waals surface area contributed by atoms with Crippen molar-refractivity contribution >= 4 is 11.9 Å². The number of rotatable bonds is 4. The van der Waals surface area contributed by atoms with Crippen molar-refractivity contribution in [3.63, 3.8) is 0 Å². The van der Waals surface area contributed by atoms with Crippen LogP contribution in [-0.4, -0.2) is 43.1 Å². The molecule has 128 valence electrons. The van der Waals surface area contributed by atoms with Crippen LogP contribution < -0.4 is 5.32 Å². The number of carbonyl (C=O) groups excluding carboxylic acids is 1. The van der Waals surface area contributed by atoms with Gasteiger partial charge in [-0.2, -0.15) is 5.10 Å². The summed E-state index contributed by atoms with van der Waals surface area (Å²) in [4.78, 5) is 23.0. The first-order chi connectivity index (χ1) is 11.5. The Morgan fingerprint density at radius 2 is 2.04 bits per heavy atom. The van der Waals surface area contributed by atoms with Gasteiger partial charge in [0.25, 0.3) is 0 Å². The molecule has 7 heteroatoms. The average molecular weight is 328 g/mol. The molecule has 0 radical (unpaired) electrons. The third-order valence-electron chi connectivity index (χ3n) is 4.87. The summed E-state index contributed by atoms with van der Waals surface area (Å²) in [7, 11) is 1.97. The van der Waals surface area contributed by atoms with Crippen LogP contribution in [0.15, 0.2) is 18.5 Å². The minimum Gasteiger partial charge on any atom is -0.293 e. The molecule has 2 aromatic rings. The van der Waals surface area contributed by atoms with Gasteiger partial charge in [0.05, 0.1) is 11.7 Å². The van der Waals surface area contributed by atoms with Gasteiger partial charge in [-0.15, -0.1) is 0 Å². The smallest absolute Gasteiger partial charge is 0.243 e. The van der Waals surface area contributed by atoms with Gasteiger partial charge in [-0.05, 0) is 46.2 Å². The van der Waals surface area contributed by atoms with Crippen molar-refractivity contribution in [2.24, 2.45) is 7.05 Å². The van der Waals surface area contributed by atoms with Gasteiger partial charge in [-0.25, -0.2) is 9.97 Å². The Bertz CT molecular complexity index is 726. The van der Waals surface area contributed by atoms with Crippen LogP contribution in [0.4, 0.5) is 5.95 Å². The molecule has 2 atom stereocenters. The summed E-state index contributed by atoms with van der Waals surface area (Å²) in [5.41, 5.74) is 3.47. The lowest BCUT2D eigenvalue weighted by Crippen LogP contribution is -2.42. The summed E-state index contributed by atoms with van der Waals surface area (Å²) in [6.07, 6.45) is 5.37. The first-order valence-corrected chi connectivity index (χ1v) is 8.32. The highest BCUT2D eigenvalue weighted by atomic mass is 16.2. The number of aromatic nitrogens is 4. The molecule has 0 aromatic carbocycles. The van der Waals surface area contributed by atoms with E-state index in [0.29, 0.717) is 5.95 Å². The molecule has 1 aliphatic heterocycles. The summed E-state index contributed by atoms with van der Waals surface area (Å²) < 4.78 is 1.92. The zero-order chi connectivity index (χ0) is 17.3. The molecule has 0 aliphatic carbocycles. The highest BCUT2D eigenvalue weighted by molar-refractivity contribution is 5.93. The van der Waals surface area contributed by atoms with Crippen molar-refractivity contribution in [3.8, 4) is 0 Å². The second-order valence-electron chi connectivity index (χ2n) is 6.34. The van der Waals surface area contributed by atoms with Gasteiger partial charge in [0.2, 0.25) is 11.9 Å². The van der Waals surface area contributed by atoms with E-state index in [1.54, 1.807) is 18.5 Å². The van der Waals surface area contributed by atoms with Crippen molar-refractivity contribution < 1.29 is 4.79 Å². The van der Waals surface area contributed by atoms with E-state index >= 15 is 0 Å². The number of aryl methyl sites for hydroxylation is 2. The molecule has 0 unspecified atom stereocenters. The molecule has 3 rings (SSSR count). The molecule has 0 bridgehead atoms. The Morgan fingerprint density at radius 1 is 1.33 bits per heavy atom. The van der Waals surface area contributed by atoms with Crippen LogP contribution in [0.25, 0.3) is 0 Å². The van der Waals surface area contributed by atoms with Crippen LogP contribution in [-0.2, 0) is 11.8 Å². The molecule has 1 N–H and O–H groups in total. The first kappa shape index (κ1) is 16.6. The van der Waals surface area contributed by atoms with Crippen LogP contribution >= 0.6 is 0 Å². The lowest BCUT2D eigenvalue weighted by atomic mass is 10.0. The Morgan fingerprint density at radius 3 is 2.67 bits per heavy atom. The average Bonchev–Trinajstić information content (AvgIpc) is 3.12. The molecule has 7 nitrogen and oxygen atoms in total. The lowest BCUT2D eigenvalue weighted by Gasteiger charge is -2.30. The molecule has 1 fully saturated rings. The van der Waals surface area contributed by atoms with Crippen LogP contribution in [0.3, 0.4) is 0 Å². The molecule has 1 saturated heterocycles. The maximum absolute atomic E-state index is 12.6. The van der Waals surface area contributed by atoms with Crippen molar-refractivity contribution in [3.05, 3.63) is 35.4 Å². The second-order valence-corrected chi connectivity index (χ2v) is 6.34. The minimum atomic E-state index is -0.250. The monoisotopic (exact) mass is 328 g/mol. The Kier molecular flexibility index (Phi) is 4.62. The fourth-order valence-corrected chi connectivity index (χ4v) is 3.56. The molecule has 1 amide bonds. The lowest BCUT2D eigenvalue weighted by molar-refractivity contribution is -0.121. The van der Waals surface area contributed by atoms with E-state index in [1.807, 2.05) is 25.6 Å². The number of nitrogens with one attached hydrogen (secondary N) is 1. The van der Waals surface area contributed by atoms with Gasteiger partial charge in [-0.3, -0.25) is 19.7 Å². The number of amides is 1. The first-order valence-electron chi connectivity index (χ1n) is 8.32. The van der Waals surface area contributed by atoms with E-state index in [2.05, 4.69) is 32.2 Å². The quantitative estimate of drug-likeness (QED) is 0.929. The maximum atomic E-state index is 12.6. The number of likely N-dealkylation sites (tertiary alicyclic amines) is 1. The standard InChI is InChI=1S/C17H24N6O/c1-11-15(12(2)22(4)21-11)14-7-5-10-23(14)13(3)16(24)20-17-18-8-6-9-19-17/h6,8-9,13-14H,5,7,10H2,1-4H3,(H,18,19,20,24)/t13-,14-/m0/s1. The third-order valence-corrected chi connectivity index (χ3v) is 4.87. The Balaban J connectivity index is 1.78. The van der Waals surface area contributed by atoms with Crippen LogP contribution in [0, 0.1) is 13.8 Å². The second kappa shape index (κ2) is 6.68. The predicted octanol–water partition coefficient (Wildman–Crippen LogP) is 1.99. The van der Waals surface area contributed by atoms with Gasteiger partial charge >= 0.3 is 0 Å². The number of hydrogen-bond donors (Lipinski definition) is 1. The fraction of sp³-hybridized carbons (Fsp3) is 0.529. The van der Waals surface area contributed by atoms with E-state index < -0.39 is 0 Å². The minimum absolute atomic E-state index is 0.0766. The molecule has 3 heterocycles. The number of hydrogen-bond acceptors (Lipinski definition) is 5. The van der Waals surface area contributed by atoms with E-state index in [0.717, 1.165) is 25.1 Å². The largest absolute Gasteiger partial charge is 0.293 e. The van der Waals surface area contributed by atoms with Gasteiger partial charge in [0.1, 0.15) is 0 Å². The Hall–Kier alpha value is -2.28. The van der Waals surface area contributed by atoms with Gasteiger partial charge in [0.15, 0.2) is 0 Å². The SMILES string of the molecule is Cc1nn(C)c(C)c1[C@@H]1CCCN1[C@@H](C)C(=O)Nc1ncccn1. The topological polar surface area (TPSA) is 75.9 Å². The van der Waals surface area contributed by atoms with Crippen molar-refractivity contribution in [2.45, 2.75) is 45.7 Å². The zero-order valence-corrected chi connectivity index (χ0v) is 14.7. The molecular weight excluding hydrogens is 304 g/mol. The van der Waals surface area contributed by atoms with Gasteiger partial charge in [-0.1, -0.05) is 0 Å². The highest BCUT2D eigenvalue weighted by Gasteiger charge is 2.35. The molecule has 2 aromatic heterocycles. The van der Waals surface area contributed by atoms with Crippen molar-refractivity contribution in [1.29, 1.82) is 0 Å². The highest BCUT2D eigenvalue weighted by Crippen LogP contribution is 2.36. The summed E-state index contributed by atoms with van der Waals surface area (Å²) in [6, 6.07) is 1.71. The van der Waals surface area contributed by atoms with E-state index in [9.17, 15) is 4.79 Å². The fourth-order valence-electron chi connectivity index (χ4n) is 3.56. The van der Waals surface area contributed by atoms with Crippen molar-refractivity contribution in [1.82, 2.24) is 24.6 Å². The number of anilines is 1. The number of carbonyl (C=O) groups is 1. The summed E-state index contributed by atoms with van der Waals surface area (Å²) in [5, 5.41) is 7.33. The van der Waals surface area contributed by atoms with Crippen LogP contribution in [0.2, 0.25) is 0 Å². The van der Waals surface area contributed by atoms with Gasteiger partial charge in [0, 0.05) is 36.7 Å². The maximum Gasteiger partial charge on any atom is 0.243 e. The van der Waals surface area contributed by atoms with E-state index in [4.69, 9.17) is 0 Å². The predicted molar refractivity (Wildman–Crippen MR) is 91.5 cm³/mol. The van der Waals surface area contributed by atoms with Crippen LogP contribution in [0.5, 0.6) is 0 Å².